The number of hydrogen-bond donors (Lipinski definition) is 2. The van der Waals surface area contributed by atoms with Gasteiger partial charge in [-0.2, -0.15) is 0 Å². The summed E-state index contributed by atoms with van der Waals surface area (Å²) in [5.41, 5.74) is 4.80. The molecule has 0 saturated carbocycles. The molecule has 2 N–H and O–H groups in total. The molecule has 0 heterocycles. The van der Waals surface area contributed by atoms with Crippen LogP contribution in [0.4, 0.5) is 0 Å². The topological polar surface area (TPSA) is 66.8 Å². The van der Waals surface area contributed by atoms with Crippen molar-refractivity contribution in [3.8, 4) is 11.5 Å². The maximum atomic E-state index is 11.8. The number of methoxy groups -OCH3 is 1. The van der Waals surface area contributed by atoms with Crippen LogP contribution in [0.3, 0.4) is 0 Å². The van der Waals surface area contributed by atoms with Crippen molar-refractivity contribution in [2.45, 2.75) is 52.9 Å². The van der Waals surface area contributed by atoms with E-state index in [0.717, 1.165) is 33.4 Å². The number of carbonyl (C=O) groups is 1. The molecule has 0 saturated heterocycles. The van der Waals surface area contributed by atoms with Gasteiger partial charge in [0.25, 0.3) is 0 Å². The minimum Gasteiger partial charge on any atom is -0.507 e. The molecule has 0 radical (unpaired) electrons. The van der Waals surface area contributed by atoms with E-state index < -0.39 is 5.41 Å². The van der Waals surface area contributed by atoms with Crippen LogP contribution in [0.25, 0.3) is 0 Å². The number of hydrogen-bond acceptors (Lipinski definition) is 4. The van der Waals surface area contributed by atoms with Gasteiger partial charge < -0.3 is 14.9 Å². The third kappa shape index (κ3) is 3.69. The zero-order chi connectivity index (χ0) is 19.6. The summed E-state index contributed by atoms with van der Waals surface area (Å²) in [6, 6.07) is 7.88. The van der Waals surface area contributed by atoms with Crippen molar-refractivity contribution in [2.75, 3.05) is 7.11 Å². The van der Waals surface area contributed by atoms with Crippen molar-refractivity contribution in [3.63, 3.8) is 0 Å². The fraction of sp³-hybridized carbons (Fsp3) is 0.409. The van der Waals surface area contributed by atoms with Gasteiger partial charge in [-0.1, -0.05) is 31.2 Å². The van der Waals surface area contributed by atoms with Crippen LogP contribution in [-0.4, -0.2) is 23.3 Å². The minimum atomic E-state index is -0.458. The number of esters is 1. The molecule has 0 aliphatic carbocycles. The number of phenolic OH excluding ortho intramolecular Hbond substituents is 2. The van der Waals surface area contributed by atoms with Gasteiger partial charge in [0.1, 0.15) is 11.5 Å². The molecule has 2 aromatic carbocycles. The fourth-order valence-corrected chi connectivity index (χ4v) is 3.46. The third-order valence-corrected chi connectivity index (χ3v) is 5.31. The van der Waals surface area contributed by atoms with Crippen LogP contribution in [0, 0.1) is 27.7 Å². The predicted molar refractivity (Wildman–Crippen MR) is 103 cm³/mol. The number of benzene rings is 2. The molecule has 0 aliphatic rings. The Morgan fingerprint density at radius 2 is 1.23 bits per heavy atom. The minimum absolute atomic E-state index is 0.254. The first-order chi connectivity index (χ1) is 12.1. The Hall–Kier alpha value is -2.49. The van der Waals surface area contributed by atoms with Crippen molar-refractivity contribution in [1.29, 1.82) is 0 Å². The van der Waals surface area contributed by atoms with Crippen molar-refractivity contribution < 1.29 is 19.7 Å². The summed E-state index contributed by atoms with van der Waals surface area (Å²) in [5.74, 6) is 0.333. The normalized spacial score (nSPS) is 11.5. The molecule has 4 nitrogen and oxygen atoms in total. The lowest BCUT2D eigenvalue weighted by molar-refractivity contribution is -0.140. The summed E-state index contributed by atoms with van der Waals surface area (Å²) in [5, 5.41) is 20.3. The largest absolute Gasteiger partial charge is 0.507 e. The van der Waals surface area contributed by atoms with Gasteiger partial charge in [0.05, 0.1) is 7.11 Å². The van der Waals surface area contributed by atoms with Crippen LogP contribution in [0.2, 0.25) is 0 Å². The highest BCUT2D eigenvalue weighted by Crippen LogP contribution is 2.41. The number of rotatable bonds is 5. The Morgan fingerprint density at radius 3 is 1.54 bits per heavy atom. The van der Waals surface area contributed by atoms with Gasteiger partial charge in [-0.3, -0.25) is 4.79 Å². The summed E-state index contributed by atoms with van der Waals surface area (Å²) in [7, 11) is 1.39. The molecule has 140 valence electrons. The first kappa shape index (κ1) is 19.8. The van der Waals surface area contributed by atoms with Gasteiger partial charge in [0, 0.05) is 11.8 Å². The molecule has 2 aromatic rings. The van der Waals surface area contributed by atoms with Crippen molar-refractivity contribution in [3.05, 3.63) is 57.6 Å². The summed E-state index contributed by atoms with van der Waals surface area (Å²) >= 11 is 0. The highest BCUT2D eigenvalue weighted by atomic mass is 16.5. The van der Waals surface area contributed by atoms with E-state index in [4.69, 9.17) is 4.74 Å². The molecule has 0 spiro atoms. The summed E-state index contributed by atoms with van der Waals surface area (Å²) in [6.45, 7) is 9.59. The van der Waals surface area contributed by atoms with Crippen LogP contribution >= 0.6 is 0 Å². The number of carbonyl (C=O) groups excluding carboxylic acids is 1. The average molecular weight is 356 g/mol. The average Bonchev–Trinajstić information content (AvgIpc) is 2.60. The standard InChI is InChI=1S/C22H28O4/c1-13-9-17(10-14(2)20(13)24)22(5,8-7-19(23)26-6)18-11-15(3)21(25)16(4)12-18/h9-12,24-25H,7-8H2,1-6H3. The Balaban J connectivity index is 2.65. The lowest BCUT2D eigenvalue weighted by Gasteiger charge is -2.32. The van der Waals surface area contributed by atoms with Crippen molar-refractivity contribution in [1.82, 2.24) is 0 Å². The molecule has 0 aliphatic heterocycles. The van der Waals surface area contributed by atoms with E-state index in [9.17, 15) is 15.0 Å². The van der Waals surface area contributed by atoms with Gasteiger partial charge in [0.15, 0.2) is 0 Å². The van der Waals surface area contributed by atoms with Crippen molar-refractivity contribution in [2.24, 2.45) is 0 Å². The van der Waals surface area contributed by atoms with Crippen LogP contribution in [0.1, 0.15) is 53.1 Å². The molecule has 0 fully saturated rings. The van der Waals surface area contributed by atoms with Gasteiger partial charge in [0.2, 0.25) is 0 Å². The number of phenols is 2. The highest BCUT2D eigenvalue weighted by Gasteiger charge is 2.31. The maximum Gasteiger partial charge on any atom is 0.305 e. The zero-order valence-corrected chi connectivity index (χ0v) is 16.4. The Kier molecular flexibility index (Phi) is 5.65. The van der Waals surface area contributed by atoms with Gasteiger partial charge in [-0.25, -0.2) is 0 Å². The lowest BCUT2D eigenvalue weighted by Crippen LogP contribution is -2.26. The molecule has 0 atom stereocenters. The van der Waals surface area contributed by atoms with E-state index in [0.29, 0.717) is 17.9 Å². The fourth-order valence-electron chi connectivity index (χ4n) is 3.46. The first-order valence-corrected chi connectivity index (χ1v) is 8.78. The Morgan fingerprint density at radius 1 is 0.885 bits per heavy atom. The number of aromatic hydroxyl groups is 2. The van der Waals surface area contributed by atoms with Crippen LogP contribution < -0.4 is 0 Å². The van der Waals surface area contributed by atoms with Gasteiger partial charge in [-0.05, 0) is 67.5 Å². The van der Waals surface area contributed by atoms with Gasteiger partial charge in [-0.15, -0.1) is 0 Å². The van der Waals surface area contributed by atoms with E-state index in [1.54, 1.807) is 0 Å². The second-order valence-corrected chi connectivity index (χ2v) is 7.33. The second-order valence-electron chi connectivity index (χ2n) is 7.33. The SMILES string of the molecule is COC(=O)CCC(C)(c1cc(C)c(O)c(C)c1)c1cc(C)c(O)c(C)c1. The first-order valence-electron chi connectivity index (χ1n) is 8.78. The van der Waals surface area contributed by atoms with E-state index in [1.807, 2.05) is 52.0 Å². The molecule has 0 aromatic heterocycles. The van der Waals surface area contributed by atoms with Crippen LogP contribution in [0.5, 0.6) is 11.5 Å². The summed E-state index contributed by atoms with van der Waals surface area (Å²) in [4.78, 5) is 11.8. The summed E-state index contributed by atoms with van der Waals surface area (Å²) in [6.07, 6.45) is 0.845. The quantitative estimate of drug-likeness (QED) is 0.769. The predicted octanol–water partition coefficient (Wildman–Crippen LogP) is 4.59. The molecule has 0 unspecified atom stereocenters. The highest BCUT2D eigenvalue weighted by molar-refractivity contribution is 5.69. The van der Waals surface area contributed by atoms with Crippen LogP contribution in [0.15, 0.2) is 24.3 Å². The smallest absolute Gasteiger partial charge is 0.305 e. The van der Waals surface area contributed by atoms with Gasteiger partial charge >= 0.3 is 5.97 Å². The van der Waals surface area contributed by atoms with Crippen molar-refractivity contribution >= 4 is 5.97 Å². The molecular weight excluding hydrogens is 328 g/mol. The third-order valence-electron chi connectivity index (χ3n) is 5.31. The lowest BCUT2D eigenvalue weighted by atomic mass is 9.71. The second kappa shape index (κ2) is 7.40. The summed E-state index contributed by atoms with van der Waals surface area (Å²) < 4.78 is 4.83. The van der Waals surface area contributed by atoms with E-state index in [1.165, 1.54) is 7.11 Å². The zero-order valence-electron chi connectivity index (χ0n) is 16.4. The van der Waals surface area contributed by atoms with E-state index >= 15 is 0 Å². The monoisotopic (exact) mass is 356 g/mol. The number of ether oxygens (including phenoxy) is 1. The molecule has 2 rings (SSSR count). The Bertz CT molecular complexity index is 733. The molecule has 0 bridgehead atoms. The molecular formula is C22H28O4. The van der Waals surface area contributed by atoms with E-state index in [-0.39, 0.29) is 12.4 Å². The maximum absolute atomic E-state index is 11.8. The molecule has 0 amide bonds. The number of aryl methyl sites for hydroxylation is 4. The molecule has 4 heteroatoms. The van der Waals surface area contributed by atoms with Crippen LogP contribution in [-0.2, 0) is 14.9 Å². The molecule has 26 heavy (non-hydrogen) atoms. The Labute approximate surface area is 155 Å². The van der Waals surface area contributed by atoms with E-state index in [2.05, 4.69) is 6.92 Å².